The Balaban J connectivity index is 2.16. The third kappa shape index (κ3) is 1.29. The molecule has 0 bridgehead atoms. The van der Waals surface area contributed by atoms with Gasteiger partial charge in [0.15, 0.2) is 0 Å². The van der Waals surface area contributed by atoms with E-state index in [1.807, 2.05) is 0 Å². The molecule has 1 aliphatic carbocycles. The molecule has 1 saturated carbocycles. The standard InChI is InChI=1S/C10H16N2O2/c1-6-10(14)12(8-4-3-5-8)7(2)9(13)11-6/h6-8H,3-5H2,1-2H3,(H,11,13). The second kappa shape index (κ2) is 3.26. The normalized spacial score (nSPS) is 34.0. The van der Waals surface area contributed by atoms with Crippen molar-refractivity contribution in [1.82, 2.24) is 10.2 Å². The van der Waals surface area contributed by atoms with E-state index in [0.717, 1.165) is 12.8 Å². The average molecular weight is 196 g/mol. The van der Waals surface area contributed by atoms with Crippen molar-refractivity contribution < 1.29 is 9.59 Å². The van der Waals surface area contributed by atoms with Crippen molar-refractivity contribution in [2.75, 3.05) is 0 Å². The number of piperazine rings is 1. The van der Waals surface area contributed by atoms with Crippen molar-refractivity contribution in [3.05, 3.63) is 0 Å². The van der Waals surface area contributed by atoms with Gasteiger partial charge in [0.05, 0.1) is 0 Å². The van der Waals surface area contributed by atoms with Gasteiger partial charge in [-0.05, 0) is 33.1 Å². The molecule has 2 rings (SSSR count). The number of carbonyl (C=O) groups excluding carboxylic acids is 2. The maximum Gasteiger partial charge on any atom is 0.245 e. The lowest BCUT2D eigenvalue weighted by Crippen LogP contribution is -2.65. The molecule has 78 valence electrons. The summed E-state index contributed by atoms with van der Waals surface area (Å²) in [6.07, 6.45) is 3.28. The van der Waals surface area contributed by atoms with Gasteiger partial charge in [-0.3, -0.25) is 9.59 Å². The quantitative estimate of drug-likeness (QED) is 0.654. The molecule has 14 heavy (non-hydrogen) atoms. The van der Waals surface area contributed by atoms with Crippen LogP contribution < -0.4 is 5.32 Å². The molecule has 2 unspecified atom stereocenters. The molecule has 0 aromatic rings. The van der Waals surface area contributed by atoms with E-state index in [2.05, 4.69) is 5.32 Å². The highest BCUT2D eigenvalue weighted by Crippen LogP contribution is 2.28. The van der Waals surface area contributed by atoms with Gasteiger partial charge in [-0.1, -0.05) is 0 Å². The maximum absolute atomic E-state index is 11.8. The highest BCUT2D eigenvalue weighted by Gasteiger charge is 2.41. The monoisotopic (exact) mass is 196 g/mol. The largest absolute Gasteiger partial charge is 0.343 e. The predicted octanol–water partition coefficient (Wildman–Crippen LogP) is 0.274. The van der Waals surface area contributed by atoms with E-state index < -0.39 is 0 Å². The first-order valence-corrected chi connectivity index (χ1v) is 5.24. The second-order valence-electron chi connectivity index (χ2n) is 4.24. The molecule has 1 saturated heterocycles. The van der Waals surface area contributed by atoms with Crippen LogP contribution in [0.3, 0.4) is 0 Å². The van der Waals surface area contributed by atoms with E-state index in [1.54, 1.807) is 18.7 Å². The zero-order valence-electron chi connectivity index (χ0n) is 8.62. The Kier molecular flexibility index (Phi) is 2.21. The molecule has 2 fully saturated rings. The summed E-state index contributed by atoms with van der Waals surface area (Å²) < 4.78 is 0. The minimum atomic E-state index is -0.348. The molecule has 2 atom stereocenters. The summed E-state index contributed by atoms with van der Waals surface area (Å²) >= 11 is 0. The van der Waals surface area contributed by atoms with E-state index in [0.29, 0.717) is 6.04 Å². The van der Waals surface area contributed by atoms with E-state index in [4.69, 9.17) is 0 Å². The molecule has 1 aliphatic heterocycles. The van der Waals surface area contributed by atoms with Crippen molar-refractivity contribution in [2.24, 2.45) is 0 Å². The molecule has 0 radical (unpaired) electrons. The molecule has 1 N–H and O–H groups in total. The average Bonchev–Trinajstić information content (AvgIpc) is 2.06. The van der Waals surface area contributed by atoms with Crippen molar-refractivity contribution in [3.8, 4) is 0 Å². The van der Waals surface area contributed by atoms with Gasteiger partial charge in [-0.15, -0.1) is 0 Å². The first kappa shape index (κ1) is 9.49. The van der Waals surface area contributed by atoms with Crippen molar-refractivity contribution >= 4 is 11.8 Å². The van der Waals surface area contributed by atoms with Crippen LogP contribution in [0.15, 0.2) is 0 Å². The Morgan fingerprint density at radius 2 is 1.93 bits per heavy atom. The molecular weight excluding hydrogens is 180 g/mol. The fourth-order valence-corrected chi connectivity index (χ4v) is 2.10. The number of hydrogen-bond donors (Lipinski definition) is 1. The molecular formula is C10H16N2O2. The van der Waals surface area contributed by atoms with Crippen molar-refractivity contribution in [2.45, 2.75) is 51.2 Å². The van der Waals surface area contributed by atoms with Crippen LogP contribution in [0.1, 0.15) is 33.1 Å². The van der Waals surface area contributed by atoms with Gasteiger partial charge in [0, 0.05) is 6.04 Å². The molecule has 0 aromatic heterocycles. The van der Waals surface area contributed by atoms with Crippen LogP contribution in [-0.2, 0) is 9.59 Å². The molecule has 4 heteroatoms. The lowest BCUT2D eigenvalue weighted by molar-refractivity contribution is -0.152. The minimum Gasteiger partial charge on any atom is -0.343 e. The SMILES string of the molecule is CC1NC(=O)C(C)N(C2CCC2)C1=O. The Labute approximate surface area is 83.6 Å². The summed E-state index contributed by atoms with van der Waals surface area (Å²) in [6.45, 7) is 3.55. The first-order valence-electron chi connectivity index (χ1n) is 5.24. The van der Waals surface area contributed by atoms with Crippen LogP contribution in [0.5, 0.6) is 0 Å². The summed E-state index contributed by atoms with van der Waals surface area (Å²) in [4.78, 5) is 25.1. The smallest absolute Gasteiger partial charge is 0.245 e. The summed E-state index contributed by atoms with van der Waals surface area (Å²) in [5.74, 6) is 0.0470. The van der Waals surface area contributed by atoms with Crippen LogP contribution in [0.2, 0.25) is 0 Å². The van der Waals surface area contributed by atoms with E-state index >= 15 is 0 Å². The molecule has 0 spiro atoms. The third-order valence-electron chi connectivity index (χ3n) is 3.25. The number of rotatable bonds is 1. The third-order valence-corrected chi connectivity index (χ3v) is 3.25. The van der Waals surface area contributed by atoms with Gasteiger partial charge in [-0.2, -0.15) is 0 Å². The lowest BCUT2D eigenvalue weighted by Gasteiger charge is -2.44. The molecule has 4 nitrogen and oxygen atoms in total. The highest BCUT2D eigenvalue weighted by atomic mass is 16.2. The second-order valence-corrected chi connectivity index (χ2v) is 4.24. The maximum atomic E-state index is 11.8. The summed E-state index contributed by atoms with van der Waals surface area (Å²) in [6, 6.07) is -0.325. The predicted molar refractivity (Wildman–Crippen MR) is 51.6 cm³/mol. The Morgan fingerprint density at radius 1 is 1.29 bits per heavy atom. The Bertz CT molecular complexity index is 273. The van der Waals surface area contributed by atoms with Gasteiger partial charge >= 0.3 is 0 Å². The molecule has 0 aromatic carbocycles. The summed E-state index contributed by atoms with van der Waals surface area (Å²) in [5, 5.41) is 2.68. The zero-order valence-corrected chi connectivity index (χ0v) is 8.62. The van der Waals surface area contributed by atoms with Gasteiger partial charge in [-0.25, -0.2) is 0 Å². The van der Waals surface area contributed by atoms with Crippen LogP contribution >= 0.6 is 0 Å². The molecule has 1 heterocycles. The number of nitrogens with zero attached hydrogens (tertiary/aromatic N) is 1. The van der Waals surface area contributed by atoms with Crippen LogP contribution in [0.4, 0.5) is 0 Å². The highest BCUT2D eigenvalue weighted by molar-refractivity contribution is 5.96. The first-order chi connectivity index (χ1) is 6.61. The van der Waals surface area contributed by atoms with E-state index in [9.17, 15) is 9.59 Å². The fraction of sp³-hybridized carbons (Fsp3) is 0.800. The number of amides is 2. The van der Waals surface area contributed by atoms with Crippen molar-refractivity contribution in [3.63, 3.8) is 0 Å². The number of nitrogens with one attached hydrogen (secondary N) is 1. The summed E-state index contributed by atoms with van der Waals surface area (Å²) in [7, 11) is 0. The van der Waals surface area contributed by atoms with Gasteiger partial charge in [0.2, 0.25) is 11.8 Å². The Morgan fingerprint density at radius 3 is 2.43 bits per heavy atom. The van der Waals surface area contributed by atoms with Gasteiger partial charge < -0.3 is 10.2 Å². The summed E-state index contributed by atoms with van der Waals surface area (Å²) in [5.41, 5.74) is 0. The molecule has 2 amide bonds. The van der Waals surface area contributed by atoms with Crippen LogP contribution in [-0.4, -0.2) is 34.8 Å². The van der Waals surface area contributed by atoms with Crippen LogP contribution in [0, 0.1) is 0 Å². The van der Waals surface area contributed by atoms with E-state index in [-0.39, 0.29) is 23.9 Å². The minimum absolute atomic E-state index is 0.0241. The fourth-order valence-electron chi connectivity index (χ4n) is 2.10. The zero-order chi connectivity index (χ0) is 10.3. The lowest BCUT2D eigenvalue weighted by atomic mass is 9.89. The van der Waals surface area contributed by atoms with Gasteiger partial charge in [0.1, 0.15) is 12.1 Å². The molecule has 2 aliphatic rings. The van der Waals surface area contributed by atoms with Crippen molar-refractivity contribution in [1.29, 1.82) is 0 Å². The van der Waals surface area contributed by atoms with Gasteiger partial charge in [0.25, 0.3) is 0 Å². The topological polar surface area (TPSA) is 49.4 Å². The number of carbonyl (C=O) groups is 2. The number of hydrogen-bond acceptors (Lipinski definition) is 2. The van der Waals surface area contributed by atoms with E-state index in [1.165, 1.54) is 6.42 Å². The van der Waals surface area contributed by atoms with Crippen LogP contribution in [0.25, 0.3) is 0 Å². The Hall–Kier alpha value is -1.06.